The van der Waals surface area contributed by atoms with Crippen molar-refractivity contribution in [3.05, 3.63) is 30.3 Å². The Kier molecular flexibility index (Phi) is 5.44. The summed E-state index contributed by atoms with van der Waals surface area (Å²) in [5.41, 5.74) is 1.19. The van der Waals surface area contributed by atoms with E-state index in [0.717, 1.165) is 25.8 Å². The second-order valence-corrected chi connectivity index (χ2v) is 6.07. The van der Waals surface area contributed by atoms with Crippen molar-refractivity contribution < 1.29 is 5.11 Å². The van der Waals surface area contributed by atoms with Gasteiger partial charge < -0.3 is 15.3 Å². The molecule has 20 heavy (non-hydrogen) atoms. The molecule has 0 heterocycles. The molecule has 1 saturated carbocycles. The first-order chi connectivity index (χ1) is 9.69. The molecule has 1 unspecified atom stereocenters. The highest BCUT2D eigenvalue weighted by Gasteiger charge is 2.33. The molecule has 1 aliphatic rings. The van der Waals surface area contributed by atoms with Crippen molar-refractivity contribution in [1.29, 1.82) is 0 Å². The normalized spacial score (nSPS) is 17.8. The van der Waals surface area contributed by atoms with E-state index in [1.54, 1.807) is 0 Å². The van der Waals surface area contributed by atoms with Gasteiger partial charge in [0.25, 0.3) is 0 Å². The molecule has 3 nitrogen and oxygen atoms in total. The summed E-state index contributed by atoms with van der Waals surface area (Å²) in [5.74, 6) is 0. The molecule has 0 spiro atoms. The van der Waals surface area contributed by atoms with Gasteiger partial charge >= 0.3 is 0 Å². The topological polar surface area (TPSA) is 35.5 Å². The average Bonchev–Trinajstić information content (AvgIpc) is 3.31. The van der Waals surface area contributed by atoms with E-state index in [-0.39, 0.29) is 12.1 Å². The molecule has 0 aliphatic heterocycles. The minimum atomic E-state index is -0.0707. The quantitative estimate of drug-likeness (QED) is 0.728. The Morgan fingerprint density at radius 3 is 2.55 bits per heavy atom. The van der Waals surface area contributed by atoms with Gasteiger partial charge in [0.05, 0.1) is 6.61 Å². The number of benzene rings is 1. The van der Waals surface area contributed by atoms with E-state index in [4.69, 9.17) is 0 Å². The third kappa shape index (κ3) is 4.22. The first-order valence-corrected chi connectivity index (χ1v) is 7.84. The molecular weight excluding hydrogens is 248 g/mol. The number of hydrogen-bond acceptors (Lipinski definition) is 3. The van der Waals surface area contributed by atoms with Crippen LogP contribution in [0.25, 0.3) is 0 Å². The van der Waals surface area contributed by atoms with Gasteiger partial charge in [-0.25, -0.2) is 0 Å². The van der Waals surface area contributed by atoms with E-state index in [1.807, 2.05) is 6.07 Å². The minimum Gasteiger partial charge on any atom is -0.394 e. The largest absolute Gasteiger partial charge is 0.394 e. The predicted octanol–water partition coefficient (Wildman–Crippen LogP) is 2.80. The van der Waals surface area contributed by atoms with Crippen molar-refractivity contribution >= 4 is 5.69 Å². The summed E-state index contributed by atoms with van der Waals surface area (Å²) in [6.07, 6.45) is 5.67. The molecule has 112 valence electrons. The SMILES string of the molecule is CCC(CO)(CCCN(C)c1ccccc1)NC1CC1. The van der Waals surface area contributed by atoms with E-state index >= 15 is 0 Å². The van der Waals surface area contributed by atoms with Gasteiger partial charge in [-0.2, -0.15) is 0 Å². The first-order valence-electron chi connectivity index (χ1n) is 7.84. The lowest BCUT2D eigenvalue weighted by Gasteiger charge is -2.33. The van der Waals surface area contributed by atoms with Crippen LogP contribution in [-0.2, 0) is 0 Å². The number of aliphatic hydroxyl groups is 1. The fourth-order valence-corrected chi connectivity index (χ4v) is 2.71. The highest BCUT2D eigenvalue weighted by atomic mass is 16.3. The van der Waals surface area contributed by atoms with Crippen LogP contribution in [-0.4, -0.2) is 36.9 Å². The predicted molar refractivity (Wildman–Crippen MR) is 85.2 cm³/mol. The lowest BCUT2D eigenvalue weighted by molar-refractivity contribution is 0.143. The van der Waals surface area contributed by atoms with E-state index in [9.17, 15) is 5.11 Å². The number of nitrogens with zero attached hydrogens (tertiary/aromatic N) is 1. The molecule has 1 atom stereocenters. The molecule has 1 aromatic carbocycles. The third-order valence-corrected chi connectivity index (χ3v) is 4.41. The maximum atomic E-state index is 9.76. The number of aliphatic hydroxyl groups excluding tert-OH is 1. The van der Waals surface area contributed by atoms with Crippen molar-refractivity contribution in [2.24, 2.45) is 0 Å². The van der Waals surface area contributed by atoms with Crippen LogP contribution in [0.1, 0.15) is 39.0 Å². The number of nitrogens with one attached hydrogen (secondary N) is 1. The Bertz CT molecular complexity index is 385. The lowest BCUT2D eigenvalue weighted by atomic mass is 9.91. The number of para-hydroxylation sites is 1. The van der Waals surface area contributed by atoms with E-state index < -0.39 is 0 Å². The van der Waals surface area contributed by atoms with Crippen molar-refractivity contribution in [1.82, 2.24) is 5.32 Å². The number of hydrogen-bond donors (Lipinski definition) is 2. The molecule has 1 aromatic rings. The summed E-state index contributed by atoms with van der Waals surface area (Å²) in [4.78, 5) is 2.29. The highest BCUT2D eigenvalue weighted by molar-refractivity contribution is 5.44. The van der Waals surface area contributed by atoms with Crippen LogP contribution in [0.5, 0.6) is 0 Å². The molecule has 0 bridgehead atoms. The Morgan fingerprint density at radius 2 is 2.00 bits per heavy atom. The Balaban J connectivity index is 1.80. The number of anilines is 1. The van der Waals surface area contributed by atoms with Gasteiger partial charge in [-0.1, -0.05) is 25.1 Å². The Labute approximate surface area is 123 Å². The average molecular weight is 276 g/mol. The molecular formula is C17H28N2O. The van der Waals surface area contributed by atoms with Crippen molar-refractivity contribution in [3.8, 4) is 0 Å². The molecule has 0 saturated heterocycles. The molecule has 0 amide bonds. The third-order valence-electron chi connectivity index (χ3n) is 4.41. The van der Waals surface area contributed by atoms with E-state index in [1.165, 1.54) is 18.5 Å². The maximum Gasteiger partial charge on any atom is 0.0613 e. The molecule has 0 radical (unpaired) electrons. The zero-order chi connectivity index (χ0) is 14.4. The molecule has 2 rings (SSSR count). The second-order valence-electron chi connectivity index (χ2n) is 6.07. The van der Waals surface area contributed by atoms with Crippen LogP contribution in [0.2, 0.25) is 0 Å². The summed E-state index contributed by atoms with van der Waals surface area (Å²) in [6.45, 7) is 3.44. The Hall–Kier alpha value is -1.06. The summed E-state index contributed by atoms with van der Waals surface area (Å²) in [5, 5.41) is 13.4. The molecule has 1 fully saturated rings. The highest BCUT2D eigenvalue weighted by Crippen LogP contribution is 2.27. The van der Waals surface area contributed by atoms with Crippen LogP contribution < -0.4 is 10.2 Å². The zero-order valence-electron chi connectivity index (χ0n) is 12.8. The summed E-state index contributed by atoms with van der Waals surface area (Å²) >= 11 is 0. The van der Waals surface area contributed by atoms with Crippen molar-refractivity contribution in [3.63, 3.8) is 0 Å². The maximum absolute atomic E-state index is 9.76. The van der Waals surface area contributed by atoms with Gasteiger partial charge in [0.1, 0.15) is 0 Å². The second kappa shape index (κ2) is 7.09. The molecule has 3 heteroatoms. The molecule has 1 aliphatic carbocycles. The summed E-state index contributed by atoms with van der Waals surface area (Å²) < 4.78 is 0. The van der Waals surface area contributed by atoms with Crippen LogP contribution in [0.3, 0.4) is 0 Å². The minimum absolute atomic E-state index is 0.0707. The van der Waals surface area contributed by atoms with Gasteiger partial charge in [-0.15, -0.1) is 0 Å². The van der Waals surface area contributed by atoms with Gasteiger partial charge in [0.15, 0.2) is 0 Å². The van der Waals surface area contributed by atoms with Gasteiger partial charge in [-0.05, 0) is 44.2 Å². The summed E-state index contributed by atoms with van der Waals surface area (Å²) in [7, 11) is 2.14. The van der Waals surface area contributed by atoms with Crippen molar-refractivity contribution in [2.75, 3.05) is 25.1 Å². The first kappa shape index (κ1) is 15.3. The standard InChI is InChI=1S/C17H28N2O/c1-3-17(14-20,18-15-10-11-15)12-7-13-19(2)16-8-5-4-6-9-16/h4-6,8-9,15,18,20H,3,7,10-14H2,1-2H3. The molecule has 2 N–H and O–H groups in total. The summed E-state index contributed by atoms with van der Waals surface area (Å²) in [6, 6.07) is 11.1. The zero-order valence-corrected chi connectivity index (χ0v) is 12.8. The molecule has 0 aromatic heterocycles. The lowest BCUT2D eigenvalue weighted by Crippen LogP contribution is -2.49. The van der Waals surface area contributed by atoms with Crippen LogP contribution in [0, 0.1) is 0 Å². The van der Waals surface area contributed by atoms with E-state index in [2.05, 4.69) is 48.5 Å². The van der Waals surface area contributed by atoms with E-state index in [0.29, 0.717) is 6.04 Å². The van der Waals surface area contributed by atoms with Gasteiger partial charge in [0, 0.05) is 30.9 Å². The van der Waals surface area contributed by atoms with Crippen molar-refractivity contribution in [2.45, 2.75) is 50.6 Å². The van der Waals surface area contributed by atoms with Gasteiger partial charge in [0.2, 0.25) is 0 Å². The van der Waals surface area contributed by atoms with Gasteiger partial charge in [-0.3, -0.25) is 0 Å². The Morgan fingerprint density at radius 1 is 1.30 bits per heavy atom. The smallest absolute Gasteiger partial charge is 0.0613 e. The van der Waals surface area contributed by atoms with Crippen LogP contribution >= 0.6 is 0 Å². The van der Waals surface area contributed by atoms with Crippen LogP contribution in [0.4, 0.5) is 5.69 Å². The fourth-order valence-electron chi connectivity index (χ4n) is 2.71. The monoisotopic (exact) mass is 276 g/mol. The van der Waals surface area contributed by atoms with Crippen LogP contribution in [0.15, 0.2) is 30.3 Å². The number of rotatable bonds is 9. The fraction of sp³-hybridized carbons (Fsp3) is 0.647.